The van der Waals surface area contributed by atoms with Crippen molar-refractivity contribution in [1.82, 2.24) is 0 Å². The standard InChI is InChI=1S/C7H7Cl2N.C7H6O/c1-4-2-5(8)3-6(9)7(4)10;8-6-7-4-2-1-3-5-7/h2-3H,10H2,1H3;1-6H. The van der Waals surface area contributed by atoms with Crippen molar-refractivity contribution in [1.29, 1.82) is 0 Å². The highest BCUT2D eigenvalue weighted by Crippen LogP contribution is 2.26. The molecule has 0 bridgehead atoms. The summed E-state index contributed by atoms with van der Waals surface area (Å²) < 4.78 is 0. The monoisotopic (exact) mass is 281 g/mol. The molecule has 0 unspecified atom stereocenters. The lowest BCUT2D eigenvalue weighted by Gasteiger charge is -2.01. The molecular formula is C14H13Cl2NO. The average Bonchev–Trinajstić information content (AvgIpc) is 2.37. The molecule has 2 rings (SSSR count). The number of anilines is 1. The summed E-state index contributed by atoms with van der Waals surface area (Å²) in [7, 11) is 0. The zero-order chi connectivity index (χ0) is 13.5. The van der Waals surface area contributed by atoms with Crippen LogP contribution in [0.4, 0.5) is 5.69 Å². The quantitative estimate of drug-likeness (QED) is 0.623. The number of aryl methyl sites for hydroxylation is 1. The summed E-state index contributed by atoms with van der Waals surface area (Å²) in [5.74, 6) is 0. The molecule has 0 amide bonds. The highest BCUT2D eigenvalue weighted by atomic mass is 35.5. The molecule has 4 heteroatoms. The molecule has 0 saturated heterocycles. The summed E-state index contributed by atoms with van der Waals surface area (Å²) in [4.78, 5) is 10.0. The molecule has 0 fully saturated rings. The summed E-state index contributed by atoms with van der Waals surface area (Å²) in [6, 6.07) is 12.5. The van der Waals surface area contributed by atoms with Gasteiger partial charge in [-0.25, -0.2) is 0 Å². The number of rotatable bonds is 1. The summed E-state index contributed by atoms with van der Waals surface area (Å²) in [6.07, 6.45) is 0.833. The number of nitrogens with two attached hydrogens (primary N) is 1. The van der Waals surface area contributed by atoms with Crippen LogP contribution in [0.25, 0.3) is 0 Å². The molecule has 0 heterocycles. The van der Waals surface area contributed by atoms with E-state index in [1.54, 1.807) is 24.3 Å². The second-order valence-electron chi connectivity index (χ2n) is 3.65. The van der Waals surface area contributed by atoms with E-state index >= 15 is 0 Å². The maximum Gasteiger partial charge on any atom is 0.150 e. The van der Waals surface area contributed by atoms with Gasteiger partial charge in [-0.05, 0) is 24.6 Å². The minimum Gasteiger partial charge on any atom is -0.397 e. The second-order valence-corrected chi connectivity index (χ2v) is 4.49. The molecule has 18 heavy (non-hydrogen) atoms. The molecule has 2 aromatic rings. The fourth-order valence-corrected chi connectivity index (χ4v) is 1.84. The fraction of sp³-hybridized carbons (Fsp3) is 0.0714. The number of nitrogen functional groups attached to an aromatic ring is 1. The Morgan fingerprint density at radius 3 is 2.17 bits per heavy atom. The van der Waals surface area contributed by atoms with Gasteiger partial charge in [-0.15, -0.1) is 0 Å². The van der Waals surface area contributed by atoms with Gasteiger partial charge in [-0.3, -0.25) is 4.79 Å². The molecule has 0 aliphatic rings. The molecule has 2 nitrogen and oxygen atoms in total. The second kappa shape index (κ2) is 7.04. The van der Waals surface area contributed by atoms with Gasteiger partial charge in [-0.2, -0.15) is 0 Å². The van der Waals surface area contributed by atoms with Gasteiger partial charge in [-0.1, -0.05) is 53.5 Å². The Balaban J connectivity index is 0.000000184. The van der Waals surface area contributed by atoms with Gasteiger partial charge < -0.3 is 5.73 Å². The van der Waals surface area contributed by atoms with Gasteiger partial charge in [0.15, 0.2) is 0 Å². The van der Waals surface area contributed by atoms with Crippen molar-refractivity contribution in [3.05, 3.63) is 63.6 Å². The Kier molecular flexibility index (Phi) is 5.69. The average molecular weight is 282 g/mol. The van der Waals surface area contributed by atoms with Crippen LogP contribution in [0.2, 0.25) is 10.0 Å². The zero-order valence-electron chi connectivity index (χ0n) is 9.86. The van der Waals surface area contributed by atoms with Crippen LogP contribution in [0.15, 0.2) is 42.5 Å². The number of carbonyl (C=O) groups is 1. The number of carbonyl (C=O) groups excluding carboxylic acids is 1. The Morgan fingerprint density at radius 1 is 1.11 bits per heavy atom. The van der Waals surface area contributed by atoms with Crippen LogP contribution in [0.3, 0.4) is 0 Å². The van der Waals surface area contributed by atoms with E-state index in [0.29, 0.717) is 15.7 Å². The van der Waals surface area contributed by atoms with Crippen LogP contribution in [0.1, 0.15) is 15.9 Å². The van der Waals surface area contributed by atoms with Gasteiger partial charge in [0, 0.05) is 10.6 Å². The number of hydrogen-bond donors (Lipinski definition) is 1. The van der Waals surface area contributed by atoms with Gasteiger partial charge in [0.2, 0.25) is 0 Å². The smallest absolute Gasteiger partial charge is 0.150 e. The van der Waals surface area contributed by atoms with E-state index in [9.17, 15) is 4.79 Å². The molecule has 2 N–H and O–H groups in total. The van der Waals surface area contributed by atoms with Crippen LogP contribution in [-0.4, -0.2) is 6.29 Å². The summed E-state index contributed by atoms with van der Waals surface area (Å²) >= 11 is 11.4. The van der Waals surface area contributed by atoms with Crippen molar-refractivity contribution in [2.75, 3.05) is 5.73 Å². The largest absolute Gasteiger partial charge is 0.397 e. The molecule has 0 radical (unpaired) electrons. The number of aldehydes is 1. The van der Waals surface area contributed by atoms with Crippen LogP contribution in [0, 0.1) is 6.92 Å². The van der Waals surface area contributed by atoms with E-state index in [1.165, 1.54) is 0 Å². The molecule has 0 atom stereocenters. The topological polar surface area (TPSA) is 43.1 Å². The number of benzene rings is 2. The first kappa shape index (κ1) is 14.6. The van der Waals surface area contributed by atoms with Crippen LogP contribution >= 0.6 is 23.2 Å². The first-order chi connectivity index (χ1) is 8.54. The first-order valence-electron chi connectivity index (χ1n) is 5.26. The molecular weight excluding hydrogens is 269 g/mol. The lowest BCUT2D eigenvalue weighted by molar-refractivity contribution is 0.112. The normalized spacial score (nSPS) is 9.28. The molecule has 0 aliphatic carbocycles. The number of hydrogen-bond acceptors (Lipinski definition) is 2. The van der Waals surface area contributed by atoms with Gasteiger partial charge in [0.05, 0.1) is 10.7 Å². The minimum absolute atomic E-state index is 0.519. The highest BCUT2D eigenvalue weighted by Gasteiger charge is 2.00. The predicted molar refractivity (Wildman–Crippen MR) is 77.4 cm³/mol. The molecule has 94 valence electrons. The minimum atomic E-state index is 0.519. The van der Waals surface area contributed by atoms with Gasteiger partial charge in [0.25, 0.3) is 0 Å². The maximum absolute atomic E-state index is 10.0. The Bertz CT molecular complexity index is 504. The maximum atomic E-state index is 10.0. The van der Waals surface area contributed by atoms with Gasteiger partial charge >= 0.3 is 0 Å². The van der Waals surface area contributed by atoms with Crippen molar-refractivity contribution in [2.24, 2.45) is 0 Å². The Hall–Kier alpha value is -1.51. The zero-order valence-corrected chi connectivity index (χ0v) is 11.4. The van der Waals surface area contributed by atoms with E-state index in [1.807, 2.05) is 25.1 Å². The van der Waals surface area contributed by atoms with E-state index in [-0.39, 0.29) is 0 Å². The first-order valence-corrected chi connectivity index (χ1v) is 6.01. The summed E-state index contributed by atoms with van der Waals surface area (Å²) in [6.45, 7) is 1.87. The van der Waals surface area contributed by atoms with E-state index in [2.05, 4.69) is 0 Å². The number of halogens is 2. The lowest BCUT2D eigenvalue weighted by Crippen LogP contribution is -1.89. The molecule has 0 aliphatic heterocycles. The van der Waals surface area contributed by atoms with E-state index in [4.69, 9.17) is 28.9 Å². The third-order valence-corrected chi connectivity index (χ3v) is 2.77. The van der Waals surface area contributed by atoms with E-state index in [0.717, 1.165) is 17.4 Å². The predicted octanol–water partition coefficient (Wildman–Crippen LogP) is 4.38. The van der Waals surface area contributed by atoms with Gasteiger partial charge in [0.1, 0.15) is 6.29 Å². The Labute approximate surface area is 116 Å². The van der Waals surface area contributed by atoms with Crippen molar-refractivity contribution in [3.8, 4) is 0 Å². The summed E-state index contributed by atoms with van der Waals surface area (Å²) in [5, 5.41) is 1.14. The summed E-state index contributed by atoms with van der Waals surface area (Å²) in [5.41, 5.74) is 7.81. The molecule has 0 spiro atoms. The molecule has 0 saturated carbocycles. The van der Waals surface area contributed by atoms with E-state index < -0.39 is 0 Å². The van der Waals surface area contributed by atoms with Crippen LogP contribution < -0.4 is 5.73 Å². The van der Waals surface area contributed by atoms with Crippen molar-refractivity contribution >= 4 is 35.2 Å². The third-order valence-electron chi connectivity index (χ3n) is 2.24. The SMILES string of the molecule is Cc1cc(Cl)cc(Cl)c1N.O=Cc1ccccc1. The van der Waals surface area contributed by atoms with Crippen molar-refractivity contribution in [2.45, 2.75) is 6.92 Å². The lowest BCUT2D eigenvalue weighted by atomic mass is 10.2. The van der Waals surface area contributed by atoms with Crippen molar-refractivity contribution < 1.29 is 4.79 Å². The van der Waals surface area contributed by atoms with Crippen molar-refractivity contribution in [3.63, 3.8) is 0 Å². The Morgan fingerprint density at radius 2 is 1.72 bits per heavy atom. The highest BCUT2D eigenvalue weighted by molar-refractivity contribution is 6.36. The van der Waals surface area contributed by atoms with Crippen LogP contribution in [-0.2, 0) is 0 Å². The molecule has 2 aromatic carbocycles. The molecule has 0 aromatic heterocycles. The fourth-order valence-electron chi connectivity index (χ4n) is 1.25. The third kappa shape index (κ3) is 4.40. The van der Waals surface area contributed by atoms with Crippen LogP contribution in [0.5, 0.6) is 0 Å².